The summed E-state index contributed by atoms with van der Waals surface area (Å²) in [5.41, 5.74) is 1.76. The number of hydrogen-bond donors (Lipinski definition) is 0. The maximum atomic E-state index is 12.8. The Hall–Kier alpha value is -1.16. The minimum Gasteiger partial charge on any atom is -0.370 e. The van der Waals surface area contributed by atoms with Gasteiger partial charge >= 0.3 is 0 Å². The van der Waals surface area contributed by atoms with E-state index >= 15 is 0 Å². The smallest absolute Gasteiger partial charge is 0.170 e. The zero-order valence-electron chi connectivity index (χ0n) is 14.0. The average molecular weight is 292 g/mol. The summed E-state index contributed by atoms with van der Waals surface area (Å²) in [4.78, 5) is 12.8. The molecule has 1 aliphatic rings. The molecule has 0 aliphatic heterocycles. The second-order valence-electron chi connectivity index (χ2n) is 7.07. The van der Waals surface area contributed by atoms with E-state index in [1.54, 1.807) is 7.11 Å². The average Bonchev–Trinajstić information content (AvgIpc) is 2.80. The molecule has 1 aromatic rings. The quantitative estimate of drug-likeness (QED) is 0.837. The molecular weight excluding hydrogens is 264 g/mol. The second kappa shape index (κ2) is 5.91. The van der Waals surface area contributed by atoms with Gasteiger partial charge in [0.1, 0.15) is 5.60 Å². The highest BCUT2D eigenvalue weighted by molar-refractivity contribution is 5.89. The Morgan fingerprint density at radius 2 is 1.95 bits per heavy atom. The fourth-order valence-electron chi connectivity index (χ4n) is 3.16. The third kappa shape index (κ3) is 3.37. The fraction of sp³-hybridized carbons (Fsp3) is 0.765. The standard InChI is InChI=1S/C17H28N2O2/c1-6-13-11-14(19(4)18-13)12-15(20)17(21-5)9-7-16(2,3)8-10-17/h11H,6-10,12H2,1-5H3. The Labute approximate surface area is 127 Å². The summed E-state index contributed by atoms with van der Waals surface area (Å²) in [6.45, 7) is 6.62. The topological polar surface area (TPSA) is 44.1 Å². The van der Waals surface area contributed by atoms with Crippen molar-refractivity contribution in [2.75, 3.05) is 7.11 Å². The van der Waals surface area contributed by atoms with E-state index in [0.717, 1.165) is 43.5 Å². The summed E-state index contributed by atoms with van der Waals surface area (Å²) >= 11 is 0. The van der Waals surface area contributed by atoms with Crippen LogP contribution < -0.4 is 0 Å². The molecule has 0 atom stereocenters. The van der Waals surface area contributed by atoms with Crippen molar-refractivity contribution in [2.24, 2.45) is 12.5 Å². The van der Waals surface area contributed by atoms with Crippen molar-refractivity contribution < 1.29 is 9.53 Å². The van der Waals surface area contributed by atoms with Gasteiger partial charge in [0.15, 0.2) is 5.78 Å². The van der Waals surface area contributed by atoms with Crippen molar-refractivity contribution in [3.63, 3.8) is 0 Å². The van der Waals surface area contributed by atoms with Crippen LogP contribution in [0.5, 0.6) is 0 Å². The number of ether oxygens (including phenoxy) is 1. The van der Waals surface area contributed by atoms with E-state index in [4.69, 9.17) is 4.74 Å². The third-order valence-corrected chi connectivity index (χ3v) is 5.04. The summed E-state index contributed by atoms with van der Waals surface area (Å²) in [6, 6.07) is 2.04. The maximum absolute atomic E-state index is 12.8. The van der Waals surface area contributed by atoms with Crippen molar-refractivity contribution in [3.05, 3.63) is 17.5 Å². The molecule has 0 aromatic carbocycles. The molecule has 1 heterocycles. The molecule has 0 amide bonds. The van der Waals surface area contributed by atoms with Gasteiger partial charge in [0, 0.05) is 19.9 Å². The molecule has 1 aliphatic carbocycles. The Balaban J connectivity index is 2.12. The Morgan fingerprint density at radius 3 is 2.43 bits per heavy atom. The van der Waals surface area contributed by atoms with E-state index in [2.05, 4.69) is 25.9 Å². The number of aromatic nitrogens is 2. The first-order chi connectivity index (χ1) is 9.82. The van der Waals surface area contributed by atoms with Gasteiger partial charge in [-0.15, -0.1) is 0 Å². The summed E-state index contributed by atoms with van der Waals surface area (Å²) in [7, 11) is 3.59. The van der Waals surface area contributed by atoms with Crippen LogP contribution in [0.3, 0.4) is 0 Å². The molecule has 0 spiro atoms. The highest BCUT2D eigenvalue weighted by atomic mass is 16.5. The van der Waals surface area contributed by atoms with Crippen LogP contribution in [0.25, 0.3) is 0 Å². The van der Waals surface area contributed by atoms with E-state index in [1.165, 1.54) is 0 Å². The Bertz CT molecular complexity index is 507. The molecule has 0 N–H and O–H groups in total. The van der Waals surface area contributed by atoms with Crippen LogP contribution in [-0.2, 0) is 29.4 Å². The number of ketones is 1. The van der Waals surface area contributed by atoms with Crippen molar-refractivity contribution in [1.82, 2.24) is 9.78 Å². The third-order valence-electron chi connectivity index (χ3n) is 5.04. The number of aryl methyl sites for hydroxylation is 2. The maximum Gasteiger partial charge on any atom is 0.170 e. The van der Waals surface area contributed by atoms with E-state index in [0.29, 0.717) is 11.8 Å². The van der Waals surface area contributed by atoms with E-state index in [9.17, 15) is 4.79 Å². The van der Waals surface area contributed by atoms with E-state index in [1.807, 2.05) is 17.8 Å². The number of carbonyl (C=O) groups excluding carboxylic acids is 1. The van der Waals surface area contributed by atoms with Gasteiger partial charge in [0.05, 0.1) is 12.1 Å². The molecule has 2 rings (SSSR count). The Morgan fingerprint density at radius 1 is 1.33 bits per heavy atom. The molecule has 0 radical (unpaired) electrons. The van der Waals surface area contributed by atoms with Gasteiger partial charge in [-0.3, -0.25) is 9.48 Å². The van der Waals surface area contributed by atoms with Gasteiger partial charge in [0.25, 0.3) is 0 Å². The predicted octanol–water partition coefficient (Wildman–Crippen LogP) is 3.08. The zero-order chi connectivity index (χ0) is 15.7. The van der Waals surface area contributed by atoms with Crippen LogP contribution in [0.2, 0.25) is 0 Å². The number of methoxy groups -OCH3 is 1. The number of Topliss-reactive ketones (excluding diaryl/α,β-unsaturated/α-hetero) is 1. The molecule has 0 unspecified atom stereocenters. The zero-order valence-corrected chi connectivity index (χ0v) is 14.0. The highest BCUT2D eigenvalue weighted by Crippen LogP contribution is 2.42. The van der Waals surface area contributed by atoms with Gasteiger partial charge in [0.2, 0.25) is 0 Å². The first-order valence-corrected chi connectivity index (χ1v) is 7.92. The Kier molecular flexibility index (Phi) is 4.57. The second-order valence-corrected chi connectivity index (χ2v) is 7.07. The largest absolute Gasteiger partial charge is 0.370 e. The molecule has 1 aromatic heterocycles. The van der Waals surface area contributed by atoms with Crippen molar-refractivity contribution in [3.8, 4) is 0 Å². The van der Waals surface area contributed by atoms with Crippen LogP contribution in [0.1, 0.15) is 57.8 Å². The summed E-state index contributed by atoms with van der Waals surface area (Å²) in [5, 5.41) is 4.42. The molecule has 4 heteroatoms. The molecule has 21 heavy (non-hydrogen) atoms. The summed E-state index contributed by atoms with van der Waals surface area (Å²) in [6.07, 6.45) is 5.04. The van der Waals surface area contributed by atoms with Crippen LogP contribution in [0, 0.1) is 5.41 Å². The van der Waals surface area contributed by atoms with Crippen LogP contribution in [-0.4, -0.2) is 28.3 Å². The van der Waals surface area contributed by atoms with Crippen molar-refractivity contribution in [1.29, 1.82) is 0 Å². The molecule has 1 saturated carbocycles. The molecule has 1 fully saturated rings. The molecule has 4 nitrogen and oxygen atoms in total. The SMILES string of the molecule is CCc1cc(CC(=O)C2(OC)CCC(C)(C)CC2)n(C)n1. The van der Waals surface area contributed by atoms with Gasteiger partial charge in [-0.2, -0.15) is 5.10 Å². The minimum atomic E-state index is -0.591. The van der Waals surface area contributed by atoms with Gasteiger partial charge in [-0.1, -0.05) is 20.8 Å². The number of nitrogens with zero attached hydrogens (tertiary/aromatic N) is 2. The van der Waals surface area contributed by atoms with E-state index in [-0.39, 0.29) is 5.78 Å². The lowest BCUT2D eigenvalue weighted by Gasteiger charge is -2.41. The first kappa shape index (κ1) is 16.2. The van der Waals surface area contributed by atoms with Gasteiger partial charge in [-0.25, -0.2) is 0 Å². The summed E-state index contributed by atoms with van der Waals surface area (Å²) < 4.78 is 7.53. The minimum absolute atomic E-state index is 0.200. The number of carbonyl (C=O) groups is 1. The monoisotopic (exact) mass is 292 g/mol. The molecule has 118 valence electrons. The van der Waals surface area contributed by atoms with Gasteiger partial charge in [-0.05, 0) is 43.6 Å². The number of rotatable bonds is 5. The molecule has 0 bridgehead atoms. The predicted molar refractivity (Wildman–Crippen MR) is 83.3 cm³/mol. The number of hydrogen-bond acceptors (Lipinski definition) is 3. The van der Waals surface area contributed by atoms with Crippen LogP contribution >= 0.6 is 0 Å². The van der Waals surface area contributed by atoms with Crippen LogP contribution in [0.4, 0.5) is 0 Å². The van der Waals surface area contributed by atoms with Crippen molar-refractivity contribution in [2.45, 2.75) is 64.9 Å². The van der Waals surface area contributed by atoms with E-state index < -0.39 is 5.60 Å². The lowest BCUT2D eigenvalue weighted by atomic mass is 9.69. The first-order valence-electron chi connectivity index (χ1n) is 7.92. The lowest BCUT2D eigenvalue weighted by Crippen LogP contribution is -2.46. The summed E-state index contributed by atoms with van der Waals surface area (Å²) in [5.74, 6) is 0.200. The lowest BCUT2D eigenvalue weighted by molar-refractivity contribution is -0.147. The molecule has 0 saturated heterocycles. The highest BCUT2D eigenvalue weighted by Gasteiger charge is 2.43. The van der Waals surface area contributed by atoms with Crippen LogP contribution in [0.15, 0.2) is 6.07 Å². The fourth-order valence-corrected chi connectivity index (χ4v) is 3.16. The van der Waals surface area contributed by atoms with Gasteiger partial charge < -0.3 is 4.74 Å². The normalized spacial score (nSPS) is 20.4. The molecular formula is C17H28N2O2. The van der Waals surface area contributed by atoms with Crippen molar-refractivity contribution >= 4 is 5.78 Å².